The second-order valence-electron chi connectivity index (χ2n) is 4.78. The second-order valence-corrected chi connectivity index (χ2v) is 4.78. The van der Waals surface area contributed by atoms with E-state index >= 15 is 0 Å². The molecule has 94 valence electrons. The minimum Gasteiger partial charge on any atom is -0.396 e. The Morgan fingerprint density at radius 1 is 1.41 bits per heavy atom. The summed E-state index contributed by atoms with van der Waals surface area (Å²) < 4.78 is 0. The van der Waals surface area contributed by atoms with Crippen LogP contribution in [0.1, 0.15) is 17.5 Å². The van der Waals surface area contributed by atoms with E-state index in [9.17, 15) is 0 Å². The number of nitrogens with zero attached hydrogens (tertiary/aromatic N) is 1. The SMILES string of the molecule is Cc1cccc(N2CCNCC2CCO)c1C. The van der Waals surface area contributed by atoms with Gasteiger partial charge in [0.25, 0.3) is 0 Å². The molecule has 1 saturated heterocycles. The highest BCUT2D eigenvalue weighted by Gasteiger charge is 2.23. The molecule has 17 heavy (non-hydrogen) atoms. The number of anilines is 1. The Kier molecular flexibility index (Phi) is 4.02. The fourth-order valence-electron chi connectivity index (χ4n) is 2.53. The van der Waals surface area contributed by atoms with Gasteiger partial charge in [-0.2, -0.15) is 0 Å². The summed E-state index contributed by atoms with van der Waals surface area (Å²) in [5.74, 6) is 0. The van der Waals surface area contributed by atoms with E-state index in [4.69, 9.17) is 5.11 Å². The van der Waals surface area contributed by atoms with Crippen molar-refractivity contribution in [3.63, 3.8) is 0 Å². The summed E-state index contributed by atoms with van der Waals surface area (Å²) in [6.45, 7) is 7.61. The fraction of sp³-hybridized carbons (Fsp3) is 0.571. The highest BCUT2D eigenvalue weighted by Crippen LogP contribution is 2.26. The van der Waals surface area contributed by atoms with Crippen molar-refractivity contribution in [2.75, 3.05) is 31.1 Å². The molecule has 2 N–H and O–H groups in total. The van der Waals surface area contributed by atoms with Gasteiger partial charge >= 0.3 is 0 Å². The van der Waals surface area contributed by atoms with Gasteiger partial charge in [-0.3, -0.25) is 0 Å². The van der Waals surface area contributed by atoms with Crippen LogP contribution in [-0.2, 0) is 0 Å². The summed E-state index contributed by atoms with van der Waals surface area (Å²) in [6, 6.07) is 6.88. The fourth-order valence-corrected chi connectivity index (χ4v) is 2.53. The summed E-state index contributed by atoms with van der Waals surface area (Å²) in [7, 11) is 0. The van der Waals surface area contributed by atoms with E-state index in [0.717, 1.165) is 26.1 Å². The first-order valence-electron chi connectivity index (χ1n) is 6.38. The van der Waals surface area contributed by atoms with E-state index in [1.165, 1.54) is 16.8 Å². The lowest BCUT2D eigenvalue weighted by Crippen LogP contribution is -2.52. The molecular formula is C14H22N2O. The number of aliphatic hydroxyl groups is 1. The maximum atomic E-state index is 9.15. The Bertz CT molecular complexity index is 376. The van der Waals surface area contributed by atoms with Crippen LogP contribution in [0.4, 0.5) is 5.69 Å². The maximum Gasteiger partial charge on any atom is 0.0451 e. The summed E-state index contributed by atoms with van der Waals surface area (Å²) in [5, 5.41) is 12.6. The summed E-state index contributed by atoms with van der Waals surface area (Å²) in [5.41, 5.74) is 4.02. The lowest BCUT2D eigenvalue weighted by Gasteiger charge is -2.39. The van der Waals surface area contributed by atoms with Crippen LogP contribution in [0.25, 0.3) is 0 Å². The van der Waals surface area contributed by atoms with Crippen LogP contribution in [-0.4, -0.2) is 37.4 Å². The molecule has 0 spiro atoms. The number of benzene rings is 1. The molecule has 1 atom stereocenters. The zero-order valence-electron chi connectivity index (χ0n) is 10.7. The minimum atomic E-state index is 0.258. The van der Waals surface area contributed by atoms with Crippen LogP contribution >= 0.6 is 0 Å². The summed E-state index contributed by atoms with van der Waals surface area (Å²) in [6.07, 6.45) is 0.834. The van der Waals surface area contributed by atoms with E-state index in [-0.39, 0.29) is 6.61 Å². The molecule has 2 rings (SSSR count). The molecule has 1 fully saturated rings. The van der Waals surface area contributed by atoms with Gasteiger partial charge in [0.05, 0.1) is 0 Å². The zero-order chi connectivity index (χ0) is 12.3. The number of piperazine rings is 1. The molecular weight excluding hydrogens is 212 g/mol. The molecule has 0 saturated carbocycles. The van der Waals surface area contributed by atoms with Crippen LogP contribution < -0.4 is 10.2 Å². The highest BCUT2D eigenvalue weighted by atomic mass is 16.3. The molecule has 0 amide bonds. The number of nitrogens with one attached hydrogen (secondary N) is 1. The Balaban J connectivity index is 2.26. The molecule has 1 aliphatic rings. The highest BCUT2D eigenvalue weighted by molar-refractivity contribution is 5.57. The van der Waals surface area contributed by atoms with Crippen molar-refractivity contribution in [2.24, 2.45) is 0 Å². The quantitative estimate of drug-likeness (QED) is 0.831. The van der Waals surface area contributed by atoms with Gasteiger partial charge in [-0.05, 0) is 37.5 Å². The molecule has 1 aromatic carbocycles. The molecule has 1 aliphatic heterocycles. The minimum absolute atomic E-state index is 0.258. The predicted molar refractivity (Wildman–Crippen MR) is 71.6 cm³/mol. The number of aliphatic hydroxyl groups excluding tert-OH is 1. The molecule has 3 nitrogen and oxygen atoms in total. The van der Waals surface area contributed by atoms with E-state index in [0.29, 0.717) is 6.04 Å². The van der Waals surface area contributed by atoms with E-state index in [1.54, 1.807) is 0 Å². The lowest BCUT2D eigenvalue weighted by atomic mass is 10.0. The van der Waals surface area contributed by atoms with Crippen molar-refractivity contribution in [3.05, 3.63) is 29.3 Å². The first-order valence-corrected chi connectivity index (χ1v) is 6.38. The topological polar surface area (TPSA) is 35.5 Å². The smallest absolute Gasteiger partial charge is 0.0451 e. The van der Waals surface area contributed by atoms with Gasteiger partial charge in [0.15, 0.2) is 0 Å². The van der Waals surface area contributed by atoms with Crippen LogP contribution in [0.2, 0.25) is 0 Å². The standard InChI is InChI=1S/C14H22N2O/c1-11-4-3-5-14(12(11)2)16-8-7-15-10-13(16)6-9-17/h3-5,13,15,17H,6-10H2,1-2H3. The maximum absolute atomic E-state index is 9.15. The Morgan fingerprint density at radius 2 is 2.24 bits per heavy atom. The monoisotopic (exact) mass is 234 g/mol. The first kappa shape index (κ1) is 12.4. The summed E-state index contributed by atoms with van der Waals surface area (Å²) >= 11 is 0. The second kappa shape index (κ2) is 5.52. The van der Waals surface area contributed by atoms with Crippen molar-refractivity contribution in [3.8, 4) is 0 Å². The van der Waals surface area contributed by atoms with E-state index < -0.39 is 0 Å². The van der Waals surface area contributed by atoms with Crippen LogP contribution in [0.3, 0.4) is 0 Å². The lowest BCUT2D eigenvalue weighted by molar-refractivity contribution is 0.266. The van der Waals surface area contributed by atoms with Crippen molar-refractivity contribution < 1.29 is 5.11 Å². The third-order valence-electron chi connectivity index (χ3n) is 3.70. The van der Waals surface area contributed by atoms with E-state index in [1.807, 2.05) is 0 Å². The average molecular weight is 234 g/mol. The normalized spacial score (nSPS) is 20.6. The number of hydrogen-bond acceptors (Lipinski definition) is 3. The number of rotatable bonds is 3. The Morgan fingerprint density at radius 3 is 3.00 bits per heavy atom. The van der Waals surface area contributed by atoms with Crippen molar-refractivity contribution >= 4 is 5.69 Å². The average Bonchev–Trinajstić information content (AvgIpc) is 2.34. The van der Waals surface area contributed by atoms with Gasteiger partial charge in [0.1, 0.15) is 0 Å². The predicted octanol–water partition coefficient (Wildman–Crippen LogP) is 1.46. The number of aryl methyl sites for hydroxylation is 1. The molecule has 0 bridgehead atoms. The van der Waals surface area contributed by atoms with Gasteiger partial charge < -0.3 is 15.3 Å². The molecule has 0 aliphatic carbocycles. The molecule has 1 aromatic rings. The molecule has 1 unspecified atom stereocenters. The van der Waals surface area contributed by atoms with Crippen LogP contribution in [0, 0.1) is 13.8 Å². The molecule has 0 aromatic heterocycles. The Hall–Kier alpha value is -1.06. The van der Waals surface area contributed by atoms with Gasteiger partial charge in [-0.15, -0.1) is 0 Å². The Labute approximate surface area is 103 Å². The van der Waals surface area contributed by atoms with Gasteiger partial charge in [-0.25, -0.2) is 0 Å². The largest absolute Gasteiger partial charge is 0.396 e. The van der Waals surface area contributed by atoms with Gasteiger partial charge in [0, 0.05) is 38.0 Å². The third kappa shape index (κ3) is 2.61. The molecule has 1 heterocycles. The molecule has 0 radical (unpaired) electrons. The zero-order valence-corrected chi connectivity index (χ0v) is 10.7. The van der Waals surface area contributed by atoms with Gasteiger partial charge in [-0.1, -0.05) is 12.1 Å². The van der Waals surface area contributed by atoms with Gasteiger partial charge in [0.2, 0.25) is 0 Å². The van der Waals surface area contributed by atoms with Crippen molar-refractivity contribution in [2.45, 2.75) is 26.3 Å². The number of hydrogen-bond donors (Lipinski definition) is 2. The summed E-state index contributed by atoms with van der Waals surface area (Å²) in [4.78, 5) is 2.44. The van der Waals surface area contributed by atoms with Crippen LogP contribution in [0.15, 0.2) is 18.2 Å². The third-order valence-corrected chi connectivity index (χ3v) is 3.70. The van der Waals surface area contributed by atoms with E-state index in [2.05, 4.69) is 42.3 Å². The van der Waals surface area contributed by atoms with Crippen molar-refractivity contribution in [1.82, 2.24) is 5.32 Å². The van der Waals surface area contributed by atoms with Crippen LogP contribution in [0.5, 0.6) is 0 Å². The first-order chi connectivity index (χ1) is 8.24. The molecule has 3 heteroatoms. The van der Waals surface area contributed by atoms with Crippen molar-refractivity contribution in [1.29, 1.82) is 0 Å².